The molecule has 0 heterocycles. The van der Waals surface area contributed by atoms with E-state index in [-0.39, 0.29) is 0 Å². The van der Waals surface area contributed by atoms with Gasteiger partial charge in [0.15, 0.2) is 5.78 Å². The first kappa shape index (κ1) is 12.3. The largest absolute Gasteiger partial charge is 0.375 e. The van der Waals surface area contributed by atoms with Crippen molar-refractivity contribution < 1.29 is 4.79 Å². The summed E-state index contributed by atoms with van der Waals surface area (Å²) < 4.78 is 0. The zero-order valence-corrected chi connectivity index (χ0v) is 10.3. The van der Waals surface area contributed by atoms with E-state index >= 15 is 0 Å². The van der Waals surface area contributed by atoms with Gasteiger partial charge in [0.25, 0.3) is 0 Å². The zero-order chi connectivity index (χ0) is 11.3. The van der Waals surface area contributed by atoms with E-state index in [1.54, 1.807) is 0 Å². The van der Waals surface area contributed by atoms with Gasteiger partial charge in [0.05, 0.1) is 0 Å². The van der Waals surface area contributed by atoms with Gasteiger partial charge in [-0.1, -0.05) is 26.7 Å². The lowest BCUT2D eigenvalue weighted by Gasteiger charge is -2.28. The number of carbonyl (C=O) groups excluding carboxylic acids is 1. The summed E-state index contributed by atoms with van der Waals surface area (Å²) in [6.07, 6.45) is 5.97. The Morgan fingerprint density at radius 3 is 2.33 bits per heavy atom. The third kappa shape index (κ3) is 3.37. The van der Waals surface area contributed by atoms with Crippen LogP contribution in [0.25, 0.3) is 0 Å². The summed E-state index contributed by atoms with van der Waals surface area (Å²) in [5.41, 5.74) is 1.26. The Labute approximate surface area is 93.3 Å². The molecule has 0 aromatic heterocycles. The van der Waals surface area contributed by atoms with Gasteiger partial charge in [-0.15, -0.1) is 0 Å². The van der Waals surface area contributed by atoms with E-state index in [9.17, 15) is 4.79 Å². The van der Waals surface area contributed by atoms with Gasteiger partial charge in [-0.2, -0.15) is 0 Å². The molecule has 0 bridgehead atoms. The average Bonchev–Trinajstić information content (AvgIpc) is 2.67. The minimum absolute atomic E-state index is 0.299. The monoisotopic (exact) mass is 209 g/mol. The first-order valence-electron chi connectivity index (χ1n) is 6.19. The lowest BCUT2D eigenvalue weighted by Crippen LogP contribution is -2.28. The molecule has 86 valence electrons. The molecule has 1 aliphatic carbocycles. The van der Waals surface area contributed by atoms with Gasteiger partial charge in [0.1, 0.15) is 0 Å². The summed E-state index contributed by atoms with van der Waals surface area (Å²) in [6, 6.07) is 0. The second-order valence-electron chi connectivity index (χ2n) is 4.32. The van der Waals surface area contributed by atoms with E-state index in [2.05, 4.69) is 25.7 Å². The predicted octanol–water partition coefficient (Wildman–Crippen LogP) is 2.99. The SMILES string of the molecule is CCC(CC)CN(CC)C1=CC(=O)CC1. The van der Waals surface area contributed by atoms with Crippen LogP contribution in [0.1, 0.15) is 46.5 Å². The molecular weight excluding hydrogens is 186 g/mol. The predicted molar refractivity (Wildman–Crippen MR) is 63.6 cm³/mol. The maximum atomic E-state index is 11.2. The van der Waals surface area contributed by atoms with Gasteiger partial charge in [0.2, 0.25) is 0 Å². The first-order valence-corrected chi connectivity index (χ1v) is 6.19. The molecule has 1 aliphatic rings. The van der Waals surface area contributed by atoms with Crippen molar-refractivity contribution in [2.24, 2.45) is 5.92 Å². The van der Waals surface area contributed by atoms with Crippen molar-refractivity contribution >= 4 is 5.78 Å². The second kappa shape index (κ2) is 5.94. The second-order valence-corrected chi connectivity index (χ2v) is 4.32. The highest BCUT2D eigenvalue weighted by molar-refractivity contribution is 5.92. The van der Waals surface area contributed by atoms with Crippen molar-refractivity contribution in [1.29, 1.82) is 0 Å². The summed E-state index contributed by atoms with van der Waals surface area (Å²) in [7, 11) is 0. The number of hydrogen-bond donors (Lipinski definition) is 0. The van der Waals surface area contributed by atoms with E-state index in [4.69, 9.17) is 0 Å². The van der Waals surface area contributed by atoms with E-state index in [1.807, 2.05) is 6.08 Å². The Bertz CT molecular complexity index is 241. The van der Waals surface area contributed by atoms with Crippen LogP contribution in [0.2, 0.25) is 0 Å². The third-order valence-electron chi connectivity index (χ3n) is 3.38. The fourth-order valence-electron chi connectivity index (χ4n) is 2.14. The Kier molecular flexibility index (Phi) is 4.86. The number of ketones is 1. The van der Waals surface area contributed by atoms with Gasteiger partial charge < -0.3 is 4.90 Å². The molecule has 0 saturated carbocycles. The standard InChI is InChI=1S/C13H23NO/c1-4-11(5-2)10-14(6-3)12-7-8-13(15)9-12/h9,11H,4-8,10H2,1-3H3. The van der Waals surface area contributed by atoms with Crippen LogP contribution >= 0.6 is 0 Å². The molecule has 0 fully saturated rings. The van der Waals surface area contributed by atoms with Gasteiger partial charge in [-0.05, 0) is 19.3 Å². The maximum Gasteiger partial charge on any atom is 0.157 e. The van der Waals surface area contributed by atoms with Crippen molar-refractivity contribution in [1.82, 2.24) is 4.90 Å². The quantitative estimate of drug-likeness (QED) is 0.670. The molecule has 1 rings (SSSR count). The highest BCUT2D eigenvalue weighted by Gasteiger charge is 2.18. The number of carbonyl (C=O) groups is 1. The molecule has 0 spiro atoms. The molecule has 0 N–H and O–H groups in total. The third-order valence-corrected chi connectivity index (χ3v) is 3.38. The lowest BCUT2D eigenvalue weighted by molar-refractivity contribution is -0.114. The highest BCUT2D eigenvalue weighted by atomic mass is 16.1. The van der Waals surface area contributed by atoms with E-state index in [0.29, 0.717) is 5.78 Å². The van der Waals surface area contributed by atoms with Crippen LogP contribution < -0.4 is 0 Å². The Morgan fingerprint density at radius 1 is 1.27 bits per heavy atom. The van der Waals surface area contributed by atoms with Crippen LogP contribution in [0.15, 0.2) is 11.8 Å². The number of hydrogen-bond acceptors (Lipinski definition) is 2. The molecular formula is C13H23NO. The van der Waals surface area contributed by atoms with Crippen molar-refractivity contribution in [3.05, 3.63) is 11.8 Å². The van der Waals surface area contributed by atoms with Gasteiger partial charge in [-0.3, -0.25) is 4.79 Å². The van der Waals surface area contributed by atoms with E-state index in [0.717, 1.165) is 31.8 Å². The summed E-state index contributed by atoms with van der Waals surface area (Å²) in [4.78, 5) is 13.6. The van der Waals surface area contributed by atoms with Crippen molar-refractivity contribution in [2.45, 2.75) is 46.5 Å². The molecule has 0 aromatic carbocycles. The van der Waals surface area contributed by atoms with Gasteiger partial charge >= 0.3 is 0 Å². The minimum Gasteiger partial charge on any atom is -0.375 e. The molecule has 0 aromatic rings. The first-order chi connectivity index (χ1) is 7.21. The van der Waals surface area contributed by atoms with E-state index < -0.39 is 0 Å². The highest BCUT2D eigenvalue weighted by Crippen LogP contribution is 2.21. The van der Waals surface area contributed by atoms with Crippen LogP contribution in [0.3, 0.4) is 0 Å². The van der Waals surface area contributed by atoms with Gasteiger partial charge in [0, 0.05) is 31.3 Å². The molecule has 0 saturated heterocycles. The van der Waals surface area contributed by atoms with Crippen molar-refractivity contribution in [2.75, 3.05) is 13.1 Å². The maximum absolute atomic E-state index is 11.2. The molecule has 2 nitrogen and oxygen atoms in total. The summed E-state index contributed by atoms with van der Waals surface area (Å²) in [5.74, 6) is 1.06. The van der Waals surface area contributed by atoms with Crippen molar-refractivity contribution in [3.8, 4) is 0 Å². The molecule has 15 heavy (non-hydrogen) atoms. The minimum atomic E-state index is 0.299. The lowest BCUT2D eigenvalue weighted by atomic mass is 10.0. The smallest absolute Gasteiger partial charge is 0.157 e. The molecule has 0 amide bonds. The Morgan fingerprint density at radius 2 is 1.93 bits per heavy atom. The summed E-state index contributed by atoms with van der Waals surface area (Å²) in [5, 5.41) is 0. The zero-order valence-electron chi connectivity index (χ0n) is 10.3. The molecule has 2 heteroatoms. The number of allylic oxidation sites excluding steroid dienone is 2. The number of rotatable bonds is 6. The topological polar surface area (TPSA) is 20.3 Å². The van der Waals surface area contributed by atoms with Gasteiger partial charge in [-0.25, -0.2) is 0 Å². The molecule has 0 radical (unpaired) electrons. The van der Waals surface area contributed by atoms with Crippen LogP contribution in [0, 0.1) is 5.92 Å². The van der Waals surface area contributed by atoms with Crippen molar-refractivity contribution in [3.63, 3.8) is 0 Å². The van der Waals surface area contributed by atoms with Crippen LogP contribution in [0.4, 0.5) is 0 Å². The molecule has 0 unspecified atom stereocenters. The summed E-state index contributed by atoms with van der Waals surface area (Å²) >= 11 is 0. The van der Waals surface area contributed by atoms with Crippen LogP contribution in [-0.4, -0.2) is 23.8 Å². The summed E-state index contributed by atoms with van der Waals surface area (Å²) in [6.45, 7) is 8.80. The normalized spacial score (nSPS) is 16.0. The molecule has 0 atom stereocenters. The fraction of sp³-hybridized carbons (Fsp3) is 0.769. The van der Waals surface area contributed by atoms with Crippen LogP contribution in [-0.2, 0) is 4.79 Å². The van der Waals surface area contributed by atoms with Crippen LogP contribution in [0.5, 0.6) is 0 Å². The Balaban J connectivity index is 2.55. The average molecular weight is 209 g/mol. The van der Waals surface area contributed by atoms with E-state index in [1.165, 1.54) is 18.5 Å². The molecule has 0 aliphatic heterocycles. The fourth-order valence-corrected chi connectivity index (χ4v) is 2.14. The Hall–Kier alpha value is -0.790. The number of nitrogens with zero attached hydrogens (tertiary/aromatic N) is 1.